The second kappa shape index (κ2) is 6.43. The van der Waals surface area contributed by atoms with Crippen LogP contribution in [0.25, 0.3) is 0 Å². The van der Waals surface area contributed by atoms with E-state index in [-0.39, 0.29) is 30.1 Å². The van der Waals surface area contributed by atoms with E-state index in [2.05, 4.69) is 10.3 Å². The van der Waals surface area contributed by atoms with E-state index in [4.69, 9.17) is 4.74 Å². The maximum atomic E-state index is 12.3. The zero-order valence-electron chi connectivity index (χ0n) is 12.9. The van der Waals surface area contributed by atoms with Gasteiger partial charge in [0.2, 0.25) is 5.88 Å². The molecule has 1 aromatic rings. The third kappa shape index (κ3) is 3.73. The molecule has 116 valence electrons. The molecule has 1 aromatic heterocycles. The Morgan fingerprint density at radius 1 is 1.57 bits per heavy atom. The van der Waals surface area contributed by atoms with Crippen molar-refractivity contribution in [1.82, 2.24) is 10.3 Å². The van der Waals surface area contributed by atoms with Crippen molar-refractivity contribution in [2.24, 2.45) is 5.41 Å². The fourth-order valence-corrected chi connectivity index (χ4v) is 2.75. The second-order valence-electron chi connectivity index (χ2n) is 6.26. The van der Waals surface area contributed by atoms with E-state index in [0.29, 0.717) is 11.6 Å². The number of carbonyl (C=O) groups excluding carboxylic acids is 1. The zero-order chi connectivity index (χ0) is 15.5. The molecule has 1 heterocycles. The Morgan fingerprint density at radius 2 is 2.33 bits per heavy atom. The molecule has 1 fully saturated rings. The van der Waals surface area contributed by atoms with Gasteiger partial charge in [0.15, 0.2) is 0 Å². The van der Waals surface area contributed by atoms with Gasteiger partial charge in [0.25, 0.3) is 5.91 Å². The molecule has 1 aliphatic rings. The molecule has 1 aliphatic carbocycles. The molecular weight excluding hydrogens is 268 g/mol. The number of nitrogens with zero attached hydrogens (tertiary/aromatic N) is 1. The average Bonchev–Trinajstić information content (AvgIpc) is 2.80. The van der Waals surface area contributed by atoms with Crippen LogP contribution in [0.15, 0.2) is 18.2 Å². The Labute approximate surface area is 125 Å². The molecule has 5 heteroatoms. The van der Waals surface area contributed by atoms with Crippen molar-refractivity contribution >= 4 is 5.91 Å². The lowest BCUT2D eigenvalue weighted by Gasteiger charge is -2.29. The number of nitrogens with one attached hydrogen (secondary N) is 1. The van der Waals surface area contributed by atoms with Crippen molar-refractivity contribution in [1.29, 1.82) is 0 Å². The highest BCUT2D eigenvalue weighted by Gasteiger charge is 2.39. The fraction of sp³-hybridized carbons (Fsp3) is 0.625. The number of hydrogen-bond donors (Lipinski definition) is 2. The Hall–Kier alpha value is -1.62. The Morgan fingerprint density at radius 3 is 3.00 bits per heavy atom. The minimum Gasteiger partial charge on any atom is -0.475 e. The van der Waals surface area contributed by atoms with Gasteiger partial charge < -0.3 is 15.2 Å². The summed E-state index contributed by atoms with van der Waals surface area (Å²) in [7, 11) is 0. The van der Waals surface area contributed by atoms with Crippen LogP contribution in [0.1, 0.15) is 50.5 Å². The molecule has 1 saturated carbocycles. The summed E-state index contributed by atoms with van der Waals surface area (Å²) in [5.41, 5.74) is 0.113. The summed E-state index contributed by atoms with van der Waals surface area (Å²) < 4.78 is 5.51. The number of aromatic nitrogens is 1. The van der Waals surface area contributed by atoms with Crippen molar-refractivity contribution in [3.05, 3.63) is 23.9 Å². The fourth-order valence-electron chi connectivity index (χ4n) is 2.75. The smallest absolute Gasteiger partial charge is 0.270 e. The number of hydrogen-bond acceptors (Lipinski definition) is 4. The third-order valence-electron chi connectivity index (χ3n) is 4.06. The summed E-state index contributed by atoms with van der Waals surface area (Å²) >= 11 is 0. The standard InChI is InChI=1S/C16H24N2O3/c1-11(2)21-14-8-4-6-12(17-14)15(20)18-13-7-5-9-16(13,3)10-19/h4,6,8,11,13,19H,5,7,9-10H2,1-3H3,(H,18,20). The van der Waals surface area contributed by atoms with Gasteiger partial charge in [0, 0.05) is 17.5 Å². The van der Waals surface area contributed by atoms with E-state index in [0.717, 1.165) is 19.3 Å². The predicted octanol–water partition coefficient (Wildman–Crippen LogP) is 2.15. The Balaban J connectivity index is 2.06. The lowest BCUT2D eigenvalue weighted by molar-refractivity contribution is 0.0824. The largest absolute Gasteiger partial charge is 0.475 e. The van der Waals surface area contributed by atoms with Gasteiger partial charge >= 0.3 is 0 Å². The van der Waals surface area contributed by atoms with E-state index < -0.39 is 0 Å². The molecule has 2 atom stereocenters. The highest BCUT2D eigenvalue weighted by molar-refractivity contribution is 5.92. The number of pyridine rings is 1. The van der Waals surface area contributed by atoms with Crippen LogP contribution in [0.4, 0.5) is 0 Å². The minimum absolute atomic E-state index is 0.00790. The highest BCUT2D eigenvalue weighted by Crippen LogP contribution is 2.37. The molecule has 21 heavy (non-hydrogen) atoms. The first-order chi connectivity index (χ1) is 9.94. The molecule has 2 rings (SSSR count). The van der Waals surface area contributed by atoms with Gasteiger partial charge in [-0.1, -0.05) is 19.4 Å². The molecule has 2 unspecified atom stereocenters. The number of amides is 1. The van der Waals surface area contributed by atoms with E-state index >= 15 is 0 Å². The van der Waals surface area contributed by atoms with Crippen LogP contribution in [-0.2, 0) is 0 Å². The Kier molecular flexibility index (Phi) is 4.83. The normalized spacial score (nSPS) is 25.1. The predicted molar refractivity (Wildman–Crippen MR) is 80.3 cm³/mol. The van der Waals surface area contributed by atoms with Gasteiger partial charge in [-0.25, -0.2) is 4.98 Å². The van der Waals surface area contributed by atoms with Crippen LogP contribution in [0, 0.1) is 5.41 Å². The molecule has 5 nitrogen and oxygen atoms in total. The van der Waals surface area contributed by atoms with Crippen molar-refractivity contribution in [2.45, 2.75) is 52.2 Å². The topological polar surface area (TPSA) is 71.5 Å². The lowest BCUT2D eigenvalue weighted by atomic mass is 9.86. The molecule has 0 spiro atoms. The summed E-state index contributed by atoms with van der Waals surface area (Å²) in [4.78, 5) is 16.6. The average molecular weight is 292 g/mol. The first-order valence-electron chi connectivity index (χ1n) is 7.50. The van der Waals surface area contributed by atoms with E-state index in [1.807, 2.05) is 20.8 Å². The molecule has 0 saturated heterocycles. The molecule has 0 aliphatic heterocycles. The van der Waals surface area contributed by atoms with Crippen molar-refractivity contribution in [3.8, 4) is 5.88 Å². The van der Waals surface area contributed by atoms with Gasteiger partial charge in [-0.2, -0.15) is 0 Å². The maximum absolute atomic E-state index is 12.3. The zero-order valence-corrected chi connectivity index (χ0v) is 12.9. The van der Waals surface area contributed by atoms with Gasteiger partial charge in [-0.05, 0) is 32.8 Å². The summed E-state index contributed by atoms with van der Waals surface area (Å²) in [6.45, 7) is 5.93. The first-order valence-corrected chi connectivity index (χ1v) is 7.50. The van der Waals surface area contributed by atoms with Crippen LogP contribution in [-0.4, -0.2) is 34.8 Å². The maximum Gasteiger partial charge on any atom is 0.270 e. The van der Waals surface area contributed by atoms with Crippen molar-refractivity contribution in [3.63, 3.8) is 0 Å². The summed E-state index contributed by atoms with van der Waals surface area (Å²) in [6, 6.07) is 5.17. The van der Waals surface area contributed by atoms with Crippen molar-refractivity contribution < 1.29 is 14.6 Å². The van der Waals surface area contributed by atoms with Crippen LogP contribution in [0.5, 0.6) is 5.88 Å². The van der Waals surface area contributed by atoms with Gasteiger partial charge in [0.05, 0.1) is 12.7 Å². The van der Waals surface area contributed by atoms with Gasteiger partial charge in [-0.15, -0.1) is 0 Å². The van der Waals surface area contributed by atoms with Crippen LogP contribution in [0.2, 0.25) is 0 Å². The van der Waals surface area contributed by atoms with E-state index in [1.54, 1.807) is 18.2 Å². The SMILES string of the molecule is CC(C)Oc1cccc(C(=O)NC2CCCC2(C)CO)n1. The molecule has 1 amide bonds. The number of rotatable bonds is 5. The summed E-state index contributed by atoms with van der Waals surface area (Å²) in [5.74, 6) is 0.241. The Bertz CT molecular complexity index is 504. The monoisotopic (exact) mass is 292 g/mol. The molecular formula is C16H24N2O3. The number of ether oxygens (including phenoxy) is 1. The molecule has 0 aromatic carbocycles. The molecule has 2 N–H and O–H groups in total. The van der Waals surface area contributed by atoms with Gasteiger partial charge in [0.1, 0.15) is 5.69 Å². The molecule has 0 bridgehead atoms. The minimum atomic E-state index is -0.234. The lowest BCUT2D eigenvalue weighted by Crippen LogP contribution is -2.45. The van der Waals surface area contributed by atoms with E-state index in [9.17, 15) is 9.90 Å². The second-order valence-corrected chi connectivity index (χ2v) is 6.26. The summed E-state index contributed by atoms with van der Waals surface area (Å²) in [5, 5.41) is 12.5. The van der Waals surface area contributed by atoms with Crippen molar-refractivity contribution in [2.75, 3.05) is 6.61 Å². The quantitative estimate of drug-likeness (QED) is 0.872. The van der Waals surface area contributed by atoms with Crippen LogP contribution >= 0.6 is 0 Å². The summed E-state index contributed by atoms with van der Waals surface area (Å²) in [6.07, 6.45) is 2.86. The highest BCUT2D eigenvalue weighted by atomic mass is 16.5. The number of carbonyl (C=O) groups is 1. The van der Waals surface area contributed by atoms with Gasteiger partial charge in [-0.3, -0.25) is 4.79 Å². The first kappa shape index (κ1) is 15.8. The number of aliphatic hydroxyl groups is 1. The third-order valence-corrected chi connectivity index (χ3v) is 4.06. The van der Waals surface area contributed by atoms with Crippen LogP contribution in [0.3, 0.4) is 0 Å². The van der Waals surface area contributed by atoms with Crippen LogP contribution < -0.4 is 10.1 Å². The van der Waals surface area contributed by atoms with E-state index in [1.165, 1.54) is 0 Å². The number of aliphatic hydroxyl groups excluding tert-OH is 1. The molecule has 0 radical (unpaired) electrons.